The molecule has 2 aromatic rings. The van der Waals surface area contributed by atoms with Gasteiger partial charge in [-0.1, -0.05) is 45.0 Å². The number of nitrogens with zero attached hydrogens (tertiary/aromatic N) is 2. The minimum Gasteiger partial charge on any atom is -0.304 e. The van der Waals surface area contributed by atoms with Crippen molar-refractivity contribution in [2.75, 3.05) is 20.1 Å². The highest BCUT2D eigenvalue weighted by Gasteiger charge is 2.26. The number of carbonyl (C=O) groups is 1. The largest absolute Gasteiger partial charge is 0.304 e. The van der Waals surface area contributed by atoms with Gasteiger partial charge in [0.15, 0.2) is 6.29 Å². The molecule has 128 valence electrons. The van der Waals surface area contributed by atoms with Crippen molar-refractivity contribution in [1.29, 1.82) is 0 Å². The summed E-state index contributed by atoms with van der Waals surface area (Å²) in [5.41, 5.74) is 2.21. The molecule has 1 aromatic carbocycles. The van der Waals surface area contributed by atoms with Crippen molar-refractivity contribution in [2.24, 2.45) is 0 Å². The molecule has 0 saturated carbocycles. The Hall–Kier alpha value is -1.65. The Morgan fingerprint density at radius 2 is 1.79 bits per heavy atom. The van der Waals surface area contributed by atoms with Gasteiger partial charge in [0.1, 0.15) is 5.69 Å². The fourth-order valence-corrected chi connectivity index (χ4v) is 4.21. The molecule has 2 heterocycles. The number of hydrogen-bond acceptors (Lipinski definition) is 4. The predicted octanol–water partition coefficient (Wildman–Crippen LogP) is 4.28. The van der Waals surface area contributed by atoms with E-state index in [4.69, 9.17) is 0 Å². The average molecular weight is 343 g/mol. The molecular weight excluding hydrogens is 316 g/mol. The standard InChI is InChI=1S/C14H21NS.C6H5NO/c1-14(2,3)12-7-5-6-8-13(12)16-11-9-15(4)10-11;8-5-6-3-1-2-4-7-6/h5-8,11H,9-10H2,1-4H3;1-5H. The van der Waals surface area contributed by atoms with E-state index in [2.05, 4.69) is 62.0 Å². The number of hydrogen-bond donors (Lipinski definition) is 0. The maximum absolute atomic E-state index is 9.94. The van der Waals surface area contributed by atoms with Crippen molar-refractivity contribution in [3.8, 4) is 0 Å². The van der Waals surface area contributed by atoms with Crippen LogP contribution in [0.25, 0.3) is 0 Å². The molecule has 0 spiro atoms. The number of pyridine rings is 1. The third-order valence-corrected chi connectivity index (χ3v) is 5.07. The zero-order chi connectivity index (χ0) is 17.6. The van der Waals surface area contributed by atoms with Gasteiger partial charge >= 0.3 is 0 Å². The summed E-state index contributed by atoms with van der Waals surface area (Å²) >= 11 is 2.05. The Kier molecular flexibility index (Phi) is 6.58. The molecule has 24 heavy (non-hydrogen) atoms. The molecule has 1 fully saturated rings. The van der Waals surface area contributed by atoms with Gasteiger partial charge in [0, 0.05) is 29.4 Å². The molecule has 0 atom stereocenters. The van der Waals surface area contributed by atoms with Gasteiger partial charge in [0.25, 0.3) is 0 Å². The van der Waals surface area contributed by atoms with Crippen molar-refractivity contribution in [3.05, 3.63) is 59.9 Å². The summed E-state index contributed by atoms with van der Waals surface area (Å²) in [4.78, 5) is 17.5. The summed E-state index contributed by atoms with van der Waals surface area (Å²) in [7, 11) is 2.19. The van der Waals surface area contributed by atoms with E-state index in [9.17, 15) is 4.79 Å². The molecule has 1 saturated heterocycles. The molecule has 0 radical (unpaired) electrons. The number of thioether (sulfide) groups is 1. The lowest BCUT2D eigenvalue weighted by Gasteiger charge is -2.36. The summed E-state index contributed by atoms with van der Waals surface area (Å²) in [6.07, 6.45) is 2.31. The van der Waals surface area contributed by atoms with E-state index >= 15 is 0 Å². The molecule has 3 nitrogen and oxygen atoms in total. The predicted molar refractivity (Wildman–Crippen MR) is 102 cm³/mol. The third kappa shape index (κ3) is 5.46. The molecule has 1 aromatic heterocycles. The molecular formula is C20H26N2OS. The van der Waals surface area contributed by atoms with Crippen LogP contribution in [0.15, 0.2) is 53.6 Å². The number of benzene rings is 1. The van der Waals surface area contributed by atoms with Crippen LogP contribution in [0, 0.1) is 0 Å². The molecule has 0 amide bonds. The summed E-state index contributed by atoms with van der Waals surface area (Å²) < 4.78 is 0. The minimum atomic E-state index is 0.249. The number of rotatable bonds is 3. The Balaban J connectivity index is 0.000000219. The molecule has 3 rings (SSSR count). The fourth-order valence-electron chi connectivity index (χ4n) is 2.53. The number of aromatic nitrogens is 1. The van der Waals surface area contributed by atoms with E-state index in [-0.39, 0.29) is 5.41 Å². The van der Waals surface area contributed by atoms with Crippen LogP contribution in [0.2, 0.25) is 0 Å². The van der Waals surface area contributed by atoms with Crippen LogP contribution in [-0.4, -0.2) is 41.6 Å². The quantitative estimate of drug-likeness (QED) is 0.779. The zero-order valence-electron chi connectivity index (χ0n) is 14.9. The third-order valence-electron chi connectivity index (χ3n) is 3.83. The van der Waals surface area contributed by atoms with Crippen LogP contribution < -0.4 is 0 Å². The second-order valence-corrected chi connectivity index (χ2v) is 8.42. The lowest BCUT2D eigenvalue weighted by molar-refractivity contribution is 0.111. The Labute approximate surface area is 149 Å². The fraction of sp³-hybridized carbons (Fsp3) is 0.400. The number of carbonyl (C=O) groups excluding carboxylic acids is 1. The monoisotopic (exact) mass is 342 g/mol. The van der Waals surface area contributed by atoms with Crippen molar-refractivity contribution in [1.82, 2.24) is 9.88 Å². The van der Waals surface area contributed by atoms with Crippen molar-refractivity contribution >= 4 is 18.0 Å². The van der Waals surface area contributed by atoms with E-state index in [0.29, 0.717) is 5.69 Å². The molecule has 1 aliphatic heterocycles. The van der Waals surface area contributed by atoms with Crippen LogP contribution in [-0.2, 0) is 5.41 Å². The SMILES string of the molecule is CN1CC(Sc2ccccc2C(C)(C)C)C1.O=Cc1ccccn1. The normalized spacial score (nSPS) is 15.2. The van der Waals surface area contributed by atoms with Crippen LogP contribution in [0.1, 0.15) is 36.8 Å². The topological polar surface area (TPSA) is 33.2 Å². The second-order valence-electron chi connectivity index (χ2n) is 7.08. The summed E-state index contributed by atoms with van der Waals surface area (Å²) in [5.74, 6) is 0. The van der Waals surface area contributed by atoms with E-state index in [0.717, 1.165) is 11.5 Å². The summed E-state index contributed by atoms with van der Waals surface area (Å²) in [5, 5.41) is 0.786. The second kappa shape index (κ2) is 8.45. The average Bonchev–Trinajstić information content (AvgIpc) is 2.54. The molecule has 1 aliphatic rings. The molecule has 0 N–H and O–H groups in total. The first-order valence-electron chi connectivity index (χ1n) is 8.21. The molecule has 0 unspecified atom stereocenters. The highest BCUT2D eigenvalue weighted by atomic mass is 32.2. The van der Waals surface area contributed by atoms with Gasteiger partial charge in [0.05, 0.1) is 0 Å². The number of likely N-dealkylation sites (tertiary alicyclic amines) is 1. The smallest absolute Gasteiger partial charge is 0.168 e. The molecule has 0 aliphatic carbocycles. The minimum absolute atomic E-state index is 0.249. The first-order valence-corrected chi connectivity index (χ1v) is 9.09. The van der Waals surface area contributed by atoms with Crippen LogP contribution in [0.4, 0.5) is 0 Å². The van der Waals surface area contributed by atoms with Crippen molar-refractivity contribution < 1.29 is 4.79 Å². The van der Waals surface area contributed by atoms with Gasteiger partial charge in [0.2, 0.25) is 0 Å². The summed E-state index contributed by atoms with van der Waals surface area (Å²) in [6, 6.07) is 14.0. The van der Waals surface area contributed by atoms with E-state index in [1.807, 2.05) is 11.8 Å². The van der Waals surface area contributed by atoms with E-state index < -0.39 is 0 Å². The van der Waals surface area contributed by atoms with Gasteiger partial charge in [-0.05, 0) is 36.2 Å². The van der Waals surface area contributed by atoms with Gasteiger partial charge in [-0.25, -0.2) is 0 Å². The molecule has 4 heteroatoms. The Bertz CT molecular complexity index is 646. The Morgan fingerprint density at radius 3 is 2.29 bits per heavy atom. The maximum Gasteiger partial charge on any atom is 0.168 e. The number of aldehydes is 1. The van der Waals surface area contributed by atoms with Crippen LogP contribution >= 0.6 is 11.8 Å². The highest BCUT2D eigenvalue weighted by Crippen LogP contribution is 2.36. The van der Waals surface area contributed by atoms with Crippen molar-refractivity contribution in [3.63, 3.8) is 0 Å². The first-order chi connectivity index (χ1) is 11.4. The lowest BCUT2D eigenvalue weighted by Crippen LogP contribution is -2.46. The van der Waals surface area contributed by atoms with Crippen LogP contribution in [0.5, 0.6) is 0 Å². The lowest BCUT2D eigenvalue weighted by atomic mass is 9.87. The summed E-state index contributed by atoms with van der Waals surface area (Å²) in [6.45, 7) is 9.32. The van der Waals surface area contributed by atoms with E-state index in [1.165, 1.54) is 23.5 Å². The van der Waals surface area contributed by atoms with Gasteiger partial charge in [-0.2, -0.15) is 0 Å². The Morgan fingerprint density at radius 1 is 1.12 bits per heavy atom. The van der Waals surface area contributed by atoms with E-state index in [1.54, 1.807) is 24.4 Å². The van der Waals surface area contributed by atoms with Crippen molar-refractivity contribution in [2.45, 2.75) is 36.3 Å². The maximum atomic E-state index is 9.94. The van der Waals surface area contributed by atoms with Crippen LogP contribution in [0.3, 0.4) is 0 Å². The molecule has 0 bridgehead atoms. The van der Waals surface area contributed by atoms with Gasteiger partial charge < -0.3 is 4.90 Å². The highest BCUT2D eigenvalue weighted by molar-refractivity contribution is 8.00. The van der Waals surface area contributed by atoms with Gasteiger partial charge in [-0.15, -0.1) is 11.8 Å². The van der Waals surface area contributed by atoms with Gasteiger partial charge in [-0.3, -0.25) is 9.78 Å². The zero-order valence-corrected chi connectivity index (χ0v) is 15.7. The first kappa shape index (κ1) is 18.7.